The van der Waals surface area contributed by atoms with Gasteiger partial charge in [-0.25, -0.2) is 0 Å². The van der Waals surface area contributed by atoms with Crippen LogP contribution in [-0.4, -0.2) is 31.1 Å². The molecule has 4 aromatic rings. The third-order valence-electron chi connectivity index (χ3n) is 5.39. The Hall–Kier alpha value is -3.70. The fourth-order valence-corrected chi connectivity index (χ4v) is 5.26. The van der Waals surface area contributed by atoms with E-state index in [1.165, 1.54) is 38.3 Å². The Balaban J connectivity index is 1.79. The predicted molar refractivity (Wildman–Crippen MR) is 142 cm³/mol. The lowest BCUT2D eigenvalue weighted by Crippen LogP contribution is -2.13. The zero-order chi connectivity index (χ0) is 26.9. The molecule has 0 spiro atoms. The number of methoxy groups -OCH3 is 1. The molecule has 4 aromatic carbocycles. The molecule has 0 aliphatic heterocycles. The predicted octanol–water partition coefficient (Wildman–Crippen LogP) is 7.08. The summed E-state index contributed by atoms with van der Waals surface area (Å²) in [6.45, 7) is 1.44. The number of phenolic OH excluding ortho intramolecular Hbond substituents is 1. The van der Waals surface area contributed by atoms with Crippen molar-refractivity contribution in [3.05, 3.63) is 81.8 Å². The molecule has 0 atom stereocenters. The zero-order valence-corrected chi connectivity index (χ0v) is 21.7. The molecular formula is C25H19Cl2N3O6S. The third kappa shape index (κ3) is 5.52. The fraction of sp³-hybridized carbons (Fsp3) is 0.0800. The Kier molecular flexibility index (Phi) is 7.37. The summed E-state index contributed by atoms with van der Waals surface area (Å²) in [6, 6.07) is 15.7. The number of benzene rings is 4. The Morgan fingerprint density at radius 3 is 2.43 bits per heavy atom. The van der Waals surface area contributed by atoms with Gasteiger partial charge < -0.3 is 15.2 Å². The highest BCUT2D eigenvalue weighted by Crippen LogP contribution is 2.40. The van der Waals surface area contributed by atoms with Gasteiger partial charge in [0.1, 0.15) is 16.3 Å². The van der Waals surface area contributed by atoms with E-state index in [2.05, 4.69) is 15.5 Å². The van der Waals surface area contributed by atoms with Gasteiger partial charge in [-0.15, -0.1) is 5.11 Å². The lowest BCUT2D eigenvalue weighted by Gasteiger charge is -2.13. The summed E-state index contributed by atoms with van der Waals surface area (Å²) >= 11 is 12.1. The summed E-state index contributed by atoms with van der Waals surface area (Å²) in [7, 11) is -3.09. The molecule has 37 heavy (non-hydrogen) atoms. The molecule has 0 bridgehead atoms. The van der Waals surface area contributed by atoms with Crippen molar-refractivity contribution < 1.29 is 27.6 Å². The highest BCUT2D eigenvalue weighted by Gasteiger charge is 2.21. The van der Waals surface area contributed by atoms with Crippen molar-refractivity contribution in [1.82, 2.24) is 0 Å². The molecule has 0 unspecified atom stereocenters. The van der Waals surface area contributed by atoms with Gasteiger partial charge in [-0.3, -0.25) is 9.35 Å². The van der Waals surface area contributed by atoms with Gasteiger partial charge >= 0.3 is 0 Å². The molecule has 0 heterocycles. The van der Waals surface area contributed by atoms with Gasteiger partial charge in [-0.05, 0) is 54.3 Å². The zero-order valence-electron chi connectivity index (χ0n) is 19.4. The first kappa shape index (κ1) is 26.4. The Labute approximate surface area is 222 Å². The largest absolute Gasteiger partial charge is 0.505 e. The highest BCUT2D eigenvalue weighted by molar-refractivity contribution is 7.86. The molecule has 4 rings (SSSR count). The number of fused-ring (bicyclic) bond motifs is 1. The third-order valence-corrected chi connectivity index (χ3v) is 7.09. The minimum Gasteiger partial charge on any atom is -0.505 e. The molecule has 12 heteroatoms. The molecule has 0 aliphatic rings. The second kappa shape index (κ2) is 10.3. The second-order valence-corrected chi connectivity index (χ2v) is 10.1. The monoisotopic (exact) mass is 559 g/mol. The number of rotatable bonds is 6. The Bertz CT molecular complexity index is 1670. The lowest BCUT2D eigenvalue weighted by molar-refractivity contribution is 0.102. The second-order valence-electron chi connectivity index (χ2n) is 7.89. The molecule has 0 saturated heterocycles. The topological polar surface area (TPSA) is 138 Å². The van der Waals surface area contributed by atoms with Gasteiger partial charge in [0.25, 0.3) is 16.0 Å². The molecule has 0 fully saturated rings. The van der Waals surface area contributed by atoms with Crippen molar-refractivity contribution in [1.29, 1.82) is 0 Å². The number of amides is 1. The van der Waals surface area contributed by atoms with Crippen molar-refractivity contribution >= 4 is 67.1 Å². The van der Waals surface area contributed by atoms with Crippen LogP contribution in [0.15, 0.2) is 75.8 Å². The molecule has 3 N–H and O–H groups in total. The summed E-state index contributed by atoms with van der Waals surface area (Å²) in [5, 5.41) is 23.2. The summed E-state index contributed by atoms with van der Waals surface area (Å²) in [5.74, 6) is -0.700. The maximum atomic E-state index is 13.2. The first-order chi connectivity index (χ1) is 17.5. The van der Waals surface area contributed by atoms with Crippen molar-refractivity contribution in [2.24, 2.45) is 10.2 Å². The summed E-state index contributed by atoms with van der Waals surface area (Å²) in [5.41, 5.74) is 0.554. The number of hydrogen-bond donors (Lipinski definition) is 3. The van der Waals surface area contributed by atoms with Gasteiger partial charge in [-0.1, -0.05) is 47.5 Å². The van der Waals surface area contributed by atoms with Gasteiger partial charge in [0.15, 0.2) is 5.75 Å². The molecule has 0 radical (unpaired) electrons. The molecular weight excluding hydrogens is 541 g/mol. The van der Waals surface area contributed by atoms with Gasteiger partial charge in [-0.2, -0.15) is 13.5 Å². The summed E-state index contributed by atoms with van der Waals surface area (Å²) < 4.78 is 37.8. The number of aromatic hydroxyl groups is 1. The number of hydrogen-bond acceptors (Lipinski definition) is 7. The average molecular weight is 560 g/mol. The summed E-state index contributed by atoms with van der Waals surface area (Å²) in [6.07, 6.45) is 0. The number of aryl methyl sites for hydroxylation is 1. The molecule has 190 valence electrons. The Morgan fingerprint density at radius 1 is 1.03 bits per heavy atom. The molecule has 0 aromatic heterocycles. The first-order valence-electron chi connectivity index (χ1n) is 10.6. The number of nitrogens with one attached hydrogen (secondary N) is 1. The Morgan fingerprint density at radius 2 is 1.76 bits per heavy atom. The van der Waals surface area contributed by atoms with E-state index in [0.29, 0.717) is 27.2 Å². The van der Waals surface area contributed by atoms with E-state index >= 15 is 0 Å². The van der Waals surface area contributed by atoms with Gasteiger partial charge in [0.05, 0.1) is 29.1 Å². The number of phenols is 1. The maximum Gasteiger partial charge on any atom is 0.296 e. The van der Waals surface area contributed by atoms with E-state index in [0.717, 1.165) is 0 Å². The van der Waals surface area contributed by atoms with E-state index in [1.807, 2.05) is 0 Å². The fourth-order valence-electron chi connectivity index (χ4n) is 3.76. The number of azo groups is 1. The first-order valence-corrected chi connectivity index (χ1v) is 12.8. The molecule has 0 saturated carbocycles. The van der Waals surface area contributed by atoms with Crippen LogP contribution < -0.4 is 10.1 Å². The van der Waals surface area contributed by atoms with Crippen LogP contribution in [-0.2, 0) is 10.1 Å². The van der Waals surface area contributed by atoms with Gasteiger partial charge in [0, 0.05) is 10.4 Å². The van der Waals surface area contributed by atoms with E-state index < -0.39 is 26.7 Å². The van der Waals surface area contributed by atoms with Crippen molar-refractivity contribution in [2.45, 2.75) is 11.8 Å². The van der Waals surface area contributed by atoms with E-state index in [9.17, 15) is 22.9 Å². The van der Waals surface area contributed by atoms with Crippen molar-refractivity contribution in [3.63, 3.8) is 0 Å². The number of halogens is 2. The smallest absolute Gasteiger partial charge is 0.296 e. The maximum absolute atomic E-state index is 13.2. The van der Waals surface area contributed by atoms with Crippen LogP contribution in [0.3, 0.4) is 0 Å². The van der Waals surface area contributed by atoms with Crippen molar-refractivity contribution in [2.75, 3.05) is 12.4 Å². The van der Waals surface area contributed by atoms with Gasteiger partial charge in [0.2, 0.25) is 0 Å². The standard InChI is InChI=1S/C25H19Cl2N3O6S/c1-13-9-16(12-19(27)24(13)37(33,34)35)29-30-22-17-6-4-3-5-14(17)10-18(23(22)31)25(32)28-20-11-15(26)7-8-21(20)36-2/h3-12,31H,1-2H3,(H,28,32)(H,33,34,35). The van der Waals surface area contributed by atoms with E-state index in [4.69, 9.17) is 27.9 Å². The average Bonchev–Trinajstić information content (AvgIpc) is 2.82. The van der Waals surface area contributed by atoms with Crippen LogP contribution in [0.25, 0.3) is 10.8 Å². The van der Waals surface area contributed by atoms with Crippen LogP contribution >= 0.6 is 23.2 Å². The number of nitrogens with zero attached hydrogens (tertiary/aromatic N) is 2. The normalized spacial score (nSPS) is 11.7. The number of anilines is 1. The molecule has 9 nitrogen and oxygen atoms in total. The number of ether oxygens (including phenoxy) is 1. The van der Waals surface area contributed by atoms with Crippen LogP contribution in [0.5, 0.6) is 11.5 Å². The van der Waals surface area contributed by atoms with Crippen LogP contribution in [0.1, 0.15) is 15.9 Å². The van der Waals surface area contributed by atoms with E-state index in [-0.39, 0.29) is 27.5 Å². The van der Waals surface area contributed by atoms with E-state index in [1.54, 1.807) is 36.4 Å². The minimum absolute atomic E-state index is 0.00828. The van der Waals surface area contributed by atoms with Crippen LogP contribution in [0, 0.1) is 6.92 Å². The van der Waals surface area contributed by atoms with Crippen molar-refractivity contribution in [3.8, 4) is 11.5 Å². The lowest BCUT2D eigenvalue weighted by atomic mass is 10.0. The number of carbonyl (C=O) groups excluding carboxylic acids is 1. The highest BCUT2D eigenvalue weighted by atomic mass is 35.5. The van der Waals surface area contributed by atoms with Crippen LogP contribution in [0.4, 0.5) is 17.1 Å². The van der Waals surface area contributed by atoms with Crippen LogP contribution in [0.2, 0.25) is 10.0 Å². The summed E-state index contributed by atoms with van der Waals surface area (Å²) in [4.78, 5) is 12.7. The minimum atomic E-state index is -4.54. The molecule has 0 aliphatic carbocycles. The quantitative estimate of drug-likeness (QED) is 0.170. The molecule has 1 amide bonds. The SMILES string of the molecule is COc1ccc(Cl)cc1NC(=O)c1cc2ccccc2c(N=Nc2cc(C)c(S(=O)(=O)O)c(Cl)c2)c1O. The number of carbonyl (C=O) groups is 1.